The second-order valence-corrected chi connectivity index (χ2v) is 15.7. The monoisotopic (exact) mass is 827 g/mol. The van der Waals surface area contributed by atoms with Crippen molar-refractivity contribution in [2.75, 3.05) is 5.73 Å². The van der Waals surface area contributed by atoms with E-state index in [-0.39, 0.29) is 38.0 Å². The molecule has 0 aliphatic carbocycles. The van der Waals surface area contributed by atoms with E-state index in [0.29, 0.717) is 6.42 Å². The summed E-state index contributed by atoms with van der Waals surface area (Å²) in [7, 11) is 0. The molecule has 2 atom stereocenters. The number of carbonyl (C=O) groups excluding carboxylic acids is 3. The highest BCUT2D eigenvalue weighted by Gasteiger charge is 2.54. The number of aromatic nitrogens is 1. The Morgan fingerprint density at radius 2 is 1.28 bits per heavy atom. The van der Waals surface area contributed by atoms with Crippen molar-refractivity contribution in [3.8, 4) is 0 Å². The molecule has 10 nitrogen and oxygen atoms in total. The standard InChI is InChI=1S/C45H35Cl2N5O5S/c46-33-26-27-34-35(42(54)52(34)38(33)43(55)56-39(28-16-6-1-7-17-28)29-18-8-2-9-19-29)49-41(53)37(36-40(47)58-44(48)50-36)51-57-45(30-20-10-3-11-21-30,31-22-12-4-13-23-31)32-24-14-5-15-25-32/h1-25,34-35,39H,26-27H2,(H2,48,50)(H,49,53)/b51-37+/t34?,35-/m1/s1. The van der Waals surface area contributed by atoms with Gasteiger partial charge in [0.05, 0.1) is 6.04 Å². The molecule has 5 aromatic carbocycles. The maximum atomic E-state index is 14.4. The van der Waals surface area contributed by atoms with Crippen molar-refractivity contribution in [2.45, 2.75) is 36.6 Å². The summed E-state index contributed by atoms with van der Waals surface area (Å²) in [6.07, 6.45) is -0.108. The zero-order valence-electron chi connectivity index (χ0n) is 30.7. The fourth-order valence-electron chi connectivity index (χ4n) is 7.41. The molecule has 13 heteroatoms. The number of fused-ring (bicyclic) bond motifs is 1. The number of anilines is 1. The SMILES string of the molecule is Nc1nc(/C(=N\OC(c2ccccc2)(c2ccccc2)c2ccccc2)C(=O)N[C@H]2C(=O)N3C(C(=O)OC(c4ccccc4)c4ccccc4)=C(Cl)CCC23)c(Cl)s1. The number of oxime groups is 1. The van der Waals surface area contributed by atoms with Crippen LogP contribution in [0, 0.1) is 0 Å². The van der Waals surface area contributed by atoms with Crippen molar-refractivity contribution in [3.63, 3.8) is 0 Å². The number of hydrogen-bond acceptors (Lipinski definition) is 9. The molecular formula is C45H35Cl2N5O5S. The number of nitrogens with two attached hydrogens (primary N) is 1. The molecule has 1 aromatic heterocycles. The normalized spacial score (nSPS) is 16.7. The van der Waals surface area contributed by atoms with E-state index in [9.17, 15) is 14.4 Å². The number of amides is 2. The Labute approximate surface area is 348 Å². The molecule has 58 heavy (non-hydrogen) atoms. The summed E-state index contributed by atoms with van der Waals surface area (Å²) in [5.74, 6) is -2.09. The van der Waals surface area contributed by atoms with Crippen LogP contribution in [0.3, 0.4) is 0 Å². The lowest BCUT2D eigenvalue weighted by atomic mass is 9.80. The summed E-state index contributed by atoms with van der Waals surface area (Å²) in [5, 5.41) is 7.66. The maximum Gasteiger partial charge on any atom is 0.357 e. The Bertz CT molecular complexity index is 2370. The van der Waals surface area contributed by atoms with Crippen LogP contribution in [0.2, 0.25) is 4.34 Å². The lowest BCUT2D eigenvalue weighted by Gasteiger charge is -2.49. The average molecular weight is 829 g/mol. The van der Waals surface area contributed by atoms with Gasteiger partial charge < -0.3 is 20.6 Å². The molecule has 2 amide bonds. The van der Waals surface area contributed by atoms with Gasteiger partial charge in [0, 0.05) is 21.7 Å². The highest BCUT2D eigenvalue weighted by atomic mass is 35.5. The van der Waals surface area contributed by atoms with Gasteiger partial charge in [0.1, 0.15) is 21.8 Å². The number of nitrogen functional groups attached to an aromatic ring is 1. The average Bonchev–Trinajstić information content (AvgIpc) is 3.61. The number of rotatable bonds is 12. The molecule has 6 aromatic rings. The first-order valence-corrected chi connectivity index (χ1v) is 20.0. The van der Waals surface area contributed by atoms with Crippen LogP contribution in [0.1, 0.15) is 52.5 Å². The fraction of sp³-hybridized carbons (Fsp3) is 0.133. The number of β-lactam (4-membered cyclic amide) rings is 1. The van der Waals surface area contributed by atoms with Gasteiger partial charge in [-0.05, 0) is 24.0 Å². The Morgan fingerprint density at radius 1 is 0.793 bits per heavy atom. The summed E-state index contributed by atoms with van der Waals surface area (Å²) in [5.41, 5.74) is 8.04. The van der Waals surface area contributed by atoms with Crippen molar-refractivity contribution < 1.29 is 24.0 Å². The van der Waals surface area contributed by atoms with Crippen molar-refractivity contribution in [1.29, 1.82) is 0 Å². The number of carbonyl (C=O) groups is 3. The zero-order chi connectivity index (χ0) is 40.2. The van der Waals surface area contributed by atoms with E-state index in [1.54, 1.807) is 0 Å². The van der Waals surface area contributed by atoms with Gasteiger partial charge in [-0.15, -0.1) is 0 Å². The van der Waals surface area contributed by atoms with Crippen LogP contribution in [0.25, 0.3) is 0 Å². The number of ether oxygens (including phenoxy) is 1. The van der Waals surface area contributed by atoms with E-state index in [4.69, 9.17) is 38.5 Å². The largest absolute Gasteiger partial charge is 0.448 e. The molecule has 0 saturated carbocycles. The van der Waals surface area contributed by atoms with E-state index in [0.717, 1.165) is 39.2 Å². The topological polar surface area (TPSA) is 136 Å². The van der Waals surface area contributed by atoms with Crippen molar-refractivity contribution in [1.82, 2.24) is 15.2 Å². The van der Waals surface area contributed by atoms with E-state index in [1.165, 1.54) is 4.90 Å². The van der Waals surface area contributed by atoms with Gasteiger partial charge in [0.2, 0.25) is 5.60 Å². The Hall–Kier alpha value is -6.27. The van der Waals surface area contributed by atoms with Crippen molar-refractivity contribution in [2.24, 2.45) is 5.16 Å². The van der Waals surface area contributed by atoms with Crippen molar-refractivity contribution in [3.05, 3.63) is 200 Å². The molecule has 0 radical (unpaired) electrons. The van der Waals surface area contributed by atoms with Crippen LogP contribution in [0.5, 0.6) is 0 Å². The Balaban J connectivity index is 1.11. The number of nitrogens with zero attached hydrogens (tertiary/aromatic N) is 3. The highest BCUT2D eigenvalue weighted by molar-refractivity contribution is 7.19. The highest BCUT2D eigenvalue weighted by Crippen LogP contribution is 2.42. The van der Waals surface area contributed by atoms with E-state index in [1.807, 2.05) is 152 Å². The minimum Gasteiger partial charge on any atom is -0.448 e. The number of nitrogens with one attached hydrogen (secondary N) is 1. The summed E-state index contributed by atoms with van der Waals surface area (Å²) >= 11 is 14.3. The number of hydrogen-bond donors (Lipinski definition) is 2. The van der Waals surface area contributed by atoms with E-state index < -0.39 is 41.6 Å². The predicted octanol–water partition coefficient (Wildman–Crippen LogP) is 8.36. The molecule has 3 heterocycles. The lowest BCUT2D eigenvalue weighted by molar-refractivity contribution is -0.158. The minimum atomic E-state index is -1.34. The van der Waals surface area contributed by atoms with Crippen molar-refractivity contribution >= 4 is 63.2 Å². The first-order chi connectivity index (χ1) is 28.3. The molecule has 2 aliphatic rings. The van der Waals surface area contributed by atoms with Crippen LogP contribution >= 0.6 is 34.5 Å². The van der Waals surface area contributed by atoms with Gasteiger partial charge in [0.15, 0.2) is 16.9 Å². The first kappa shape index (κ1) is 38.6. The molecule has 3 N–H and O–H groups in total. The third-order valence-corrected chi connectivity index (χ3v) is 11.6. The predicted molar refractivity (Wildman–Crippen MR) is 224 cm³/mol. The van der Waals surface area contributed by atoms with E-state index >= 15 is 0 Å². The van der Waals surface area contributed by atoms with Gasteiger partial charge in [-0.2, -0.15) is 0 Å². The molecule has 290 valence electrons. The molecule has 2 aliphatic heterocycles. The smallest absolute Gasteiger partial charge is 0.357 e. The molecule has 1 unspecified atom stereocenters. The van der Waals surface area contributed by atoms with Gasteiger partial charge in [0.25, 0.3) is 11.8 Å². The zero-order valence-corrected chi connectivity index (χ0v) is 33.0. The molecule has 1 fully saturated rings. The first-order valence-electron chi connectivity index (χ1n) is 18.4. The third-order valence-electron chi connectivity index (χ3n) is 10.1. The molecule has 8 rings (SSSR count). The molecule has 1 saturated heterocycles. The van der Waals surface area contributed by atoms with Crippen LogP contribution in [-0.4, -0.2) is 45.5 Å². The summed E-state index contributed by atoms with van der Waals surface area (Å²) < 4.78 is 6.20. The number of esters is 1. The van der Waals surface area contributed by atoms with Gasteiger partial charge in [-0.25, -0.2) is 9.78 Å². The summed E-state index contributed by atoms with van der Waals surface area (Å²) in [4.78, 5) is 54.7. The van der Waals surface area contributed by atoms with Gasteiger partial charge >= 0.3 is 5.97 Å². The lowest BCUT2D eigenvalue weighted by Crippen LogP contribution is -2.72. The second kappa shape index (κ2) is 16.7. The molecule has 0 spiro atoms. The van der Waals surface area contributed by atoms with Crippen LogP contribution in [0.4, 0.5) is 5.13 Å². The number of allylic oxidation sites excluding steroid dienone is 1. The maximum absolute atomic E-state index is 14.4. The molecule has 0 bridgehead atoms. The van der Waals surface area contributed by atoms with Crippen LogP contribution in [-0.2, 0) is 29.6 Å². The number of benzene rings is 5. The number of thiazole rings is 1. The number of halogens is 2. The Kier molecular flexibility index (Phi) is 11.1. The Morgan fingerprint density at radius 3 is 1.74 bits per heavy atom. The quantitative estimate of drug-likeness (QED) is 0.0416. The van der Waals surface area contributed by atoms with E-state index in [2.05, 4.69) is 15.5 Å². The van der Waals surface area contributed by atoms with Gasteiger partial charge in [-0.1, -0.05) is 191 Å². The minimum absolute atomic E-state index is 0.0166. The van der Waals surface area contributed by atoms with Gasteiger partial charge in [-0.3, -0.25) is 14.5 Å². The summed E-state index contributed by atoms with van der Waals surface area (Å²) in [6.45, 7) is 0. The van der Waals surface area contributed by atoms with Crippen LogP contribution < -0.4 is 11.1 Å². The fourth-order valence-corrected chi connectivity index (χ4v) is 8.62. The second-order valence-electron chi connectivity index (χ2n) is 13.6. The third kappa shape index (κ3) is 7.35. The summed E-state index contributed by atoms with van der Waals surface area (Å²) in [6, 6.07) is 45.5. The van der Waals surface area contributed by atoms with Crippen LogP contribution in [0.15, 0.2) is 168 Å². The molecular weight excluding hydrogens is 793 g/mol.